The molecule has 8 nitrogen and oxygen atoms in total. The number of rotatable bonds is 5. The number of aliphatic carboxylic acids is 1. The van der Waals surface area contributed by atoms with E-state index in [1.807, 2.05) is 6.92 Å². The molecule has 0 saturated carbocycles. The lowest BCUT2D eigenvalue weighted by Crippen LogP contribution is -2.41. The van der Waals surface area contributed by atoms with E-state index in [1.165, 1.54) is 0 Å². The fourth-order valence-corrected chi connectivity index (χ4v) is 1.03. The highest BCUT2D eigenvalue weighted by atomic mass is 16.4. The summed E-state index contributed by atoms with van der Waals surface area (Å²) in [5.74, 6) is -1.89. The summed E-state index contributed by atoms with van der Waals surface area (Å²) in [6.07, 6.45) is 1.02. The van der Waals surface area contributed by atoms with Gasteiger partial charge in [-0.15, -0.1) is 10.2 Å². The number of carboxylic acids is 1. The molecule has 0 spiro atoms. The molecule has 1 aromatic rings. The third-order valence-corrected chi connectivity index (χ3v) is 1.73. The van der Waals surface area contributed by atoms with Crippen LogP contribution in [0.1, 0.15) is 30.4 Å². The molecule has 1 atom stereocenters. The molecular weight excluding hydrogens is 202 g/mol. The molecule has 8 heteroatoms. The van der Waals surface area contributed by atoms with Gasteiger partial charge in [0.25, 0.3) is 11.7 Å². The first-order valence-electron chi connectivity index (χ1n) is 4.42. The fourth-order valence-electron chi connectivity index (χ4n) is 1.03. The summed E-state index contributed by atoms with van der Waals surface area (Å²) in [7, 11) is 0. The fraction of sp³-hybridized carbons (Fsp3) is 0.571. The van der Waals surface area contributed by atoms with Crippen molar-refractivity contribution in [1.82, 2.24) is 25.9 Å². The second-order valence-corrected chi connectivity index (χ2v) is 2.89. The standard InChI is InChI=1S/C7H11N5O3/c1-2-3-4(7(14)15)8-6(13)5-9-11-12-10-5/h4H,2-3H2,1H3,(H,8,13)(H,14,15)(H,9,10,11,12)/t4-/m1/s1. The van der Waals surface area contributed by atoms with E-state index in [4.69, 9.17) is 5.11 Å². The molecule has 0 aliphatic carbocycles. The SMILES string of the molecule is CCC[C@@H](NC(=O)c1nn[nH]n1)C(=O)O. The summed E-state index contributed by atoms with van der Waals surface area (Å²) in [5, 5.41) is 23.2. The molecule has 1 aromatic heterocycles. The number of carbonyl (C=O) groups excluding carboxylic acids is 1. The molecule has 0 aliphatic heterocycles. The lowest BCUT2D eigenvalue weighted by Gasteiger charge is -2.11. The van der Waals surface area contributed by atoms with Crippen molar-refractivity contribution in [3.63, 3.8) is 0 Å². The van der Waals surface area contributed by atoms with Gasteiger partial charge in [-0.2, -0.15) is 5.21 Å². The van der Waals surface area contributed by atoms with Crippen molar-refractivity contribution in [2.45, 2.75) is 25.8 Å². The van der Waals surface area contributed by atoms with Gasteiger partial charge in [0, 0.05) is 0 Å². The average Bonchev–Trinajstić information content (AvgIpc) is 2.69. The molecule has 1 amide bonds. The van der Waals surface area contributed by atoms with Crippen molar-refractivity contribution in [3.8, 4) is 0 Å². The van der Waals surface area contributed by atoms with Crippen molar-refractivity contribution >= 4 is 11.9 Å². The van der Waals surface area contributed by atoms with E-state index in [-0.39, 0.29) is 5.82 Å². The molecule has 0 unspecified atom stereocenters. The lowest BCUT2D eigenvalue weighted by molar-refractivity contribution is -0.139. The highest BCUT2D eigenvalue weighted by molar-refractivity contribution is 5.93. The number of amides is 1. The third-order valence-electron chi connectivity index (χ3n) is 1.73. The van der Waals surface area contributed by atoms with E-state index in [9.17, 15) is 9.59 Å². The van der Waals surface area contributed by atoms with Crippen molar-refractivity contribution in [2.75, 3.05) is 0 Å². The van der Waals surface area contributed by atoms with Crippen LogP contribution < -0.4 is 5.32 Å². The van der Waals surface area contributed by atoms with Gasteiger partial charge in [0.05, 0.1) is 0 Å². The summed E-state index contributed by atoms with van der Waals surface area (Å²) in [5.41, 5.74) is 0. The molecule has 1 rings (SSSR count). The zero-order chi connectivity index (χ0) is 11.3. The van der Waals surface area contributed by atoms with Crippen molar-refractivity contribution in [2.24, 2.45) is 0 Å². The van der Waals surface area contributed by atoms with Crippen LogP contribution in [0, 0.1) is 0 Å². The molecule has 82 valence electrons. The average molecular weight is 213 g/mol. The predicted octanol–water partition coefficient (Wildman–Crippen LogP) is -0.817. The zero-order valence-corrected chi connectivity index (χ0v) is 8.10. The minimum absolute atomic E-state index is 0.169. The Morgan fingerprint density at radius 3 is 2.80 bits per heavy atom. The highest BCUT2D eigenvalue weighted by Crippen LogP contribution is 1.98. The molecule has 3 N–H and O–H groups in total. The number of carboxylic acid groups (broad SMARTS) is 1. The lowest BCUT2D eigenvalue weighted by atomic mass is 10.1. The first-order chi connectivity index (χ1) is 7.15. The number of hydrogen-bond acceptors (Lipinski definition) is 5. The van der Waals surface area contributed by atoms with Crippen LogP contribution in [0.4, 0.5) is 0 Å². The van der Waals surface area contributed by atoms with Crippen LogP contribution in [0.5, 0.6) is 0 Å². The van der Waals surface area contributed by atoms with Gasteiger partial charge in [-0.05, 0) is 11.6 Å². The Balaban J connectivity index is 2.59. The van der Waals surface area contributed by atoms with Crippen LogP contribution in [0.3, 0.4) is 0 Å². The number of aromatic nitrogens is 4. The van der Waals surface area contributed by atoms with Gasteiger partial charge in [0.2, 0.25) is 0 Å². The normalized spacial score (nSPS) is 12.1. The van der Waals surface area contributed by atoms with E-state index in [2.05, 4.69) is 25.9 Å². The second-order valence-electron chi connectivity index (χ2n) is 2.89. The smallest absolute Gasteiger partial charge is 0.326 e. The Hall–Kier alpha value is -1.99. The minimum atomic E-state index is -1.08. The molecular formula is C7H11N5O3. The zero-order valence-electron chi connectivity index (χ0n) is 8.10. The monoisotopic (exact) mass is 213 g/mol. The Kier molecular flexibility index (Phi) is 3.72. The number of tetrazole rings is 1. The molecule has 0 bridgehead atoms. The van der Waals surface area contributed by atoms with Gasteiger partial charge in [-0.1, -0.05) is 13.3 Å². The maximum atomic E-state index is 11.3. The highest BCUT2D eigenvalue weighted by Gasteiger charge is 2.21. The largest absolute Gasteiger partial charge is 0.480 e. The maximum absolute atomic E-state index is 11.3. The van der Waals surface area contributed by atoms with Crippen LogP contribution in [0.15, 0.2) is 0 Å². The third kappa shape index (κ3) is 3.01. The molecule has 0 radical (unpaired) electrons. The summed E-state index contributed by atoms with van der Waals surface area (Å²) in [4.78, 5) is 22.1. The first kappa shape index (κ1) is 11.1. The molecule has 0 aromatic carbocycles. The van der Waals surface area contributed by atoms with E-state index in [0.29, 0.717) is 12.8 Å². The number of aromatic amines is 1. The quantitative estimate of drug-likeness (QED) is 0.587. The summed E-state index contributed by atoms with van der Waals surface area (Å²) in [6.45, 7) is 1.83. The molecule has 0 aliphatic rings. The van der Waals surface area contributed by atoms with Gasteiger partial charge in [-0.3, -0.25) is 4.79 Å². The first-order valence-corrected chi connectivity index (χ1v) is 4.42. The van der Waals surface area contributed by atoms with Crippen LogP contribution in [-0.4, -0.2) is 43.6 Å². The number of hydrogen-bond donors (Lipinski definition) is 3. The van der Waals surface area contributed by atoms with Crippen LogP contribution in [-0.2, 0) is 4.79 Å². The molecule has 0 fully saturated rings. The number of nitrogens with zero attached hydrogens (tertiary/aromatic N) is 3. The number of nitrogens with one attached hydrogen (secondary N) is 2. The molecule has 15 heavy (non-hydrogen) atoms. The second kappa shape index (κ2) is 5.03. The Morgan fingerprint density at radius 2 is 2.33 bits per heavy atom. The minimum Gasteiger partial charge on any atom is -0.480 e. The summed E-state index contributed by atoms with van der Waals surface area (Å²) < 4.78 is 0. The Bertz CT molecular complexity index is 336. The summed E-state index contributed by atoms with van der Waals surface area (Å²) in [6, 6.07) is -0.916. The van der Waals surface area contributed by atoms with E-state index in [1.54, 1.807) is 0 Å². The van der Waals surface area contributed by atoms with E-state index in [0.717, 1.165) is 0 Å². The van der Waals surface area contributed by atoms with E-state index >= 15 is 0 Å². The Morgan fingerprint density at radius 1 is 1.60 bits per heavy atom. The van der Waals surface area contributed by atoms with Crippen LogP contribution in [0.25, 0.3) is 0 Å². The Labute approximate surface area is 85.1 Å². The van der Waals surface area contributed by atoms with E-state index < -0.39 is 17.9 Å². The predicted molar refractivity (Wildman–Crippen MR) is 48.0 cm³/mol. The maximum Gasteiger partial charge on any atom is 0.326 e. The number of carbonyl (C=O) groups is 2. The number of H-pyrrole nitrogens is 1. The van der Waals surface area contributed by atoms with Gasteiger partial charge in [0.1, 0.15) is 6.04 Å². The van der Waals surface area contributed by atoms with Gasteiger partial charge >= 0.3 is 5.97 Å². The summed E-state index contributed by atoms with van der Waals surface area (Å²) >= 11 is 0. The van der Waals surface area contributed by atoms with Crippen LogP contribution >= 0.6 is 0 Å². The molecule has 1 heterocycles. The molecule has 0 saturated heterocycles. The van der Waals surface area contributed by atoms with Gasteiger partial charge in [-0.25, -0.2) is 4.79 Å². The van der Waals surface area contributed by atoms with Gasteiger partial charge < -0.3 is 10.4 Å². The van der Waals surface area contributed by atoms with Crippen molar-refractivity contribution in [1.29, 1.82) is 0 Å². The van der Waals surface area contributed by atoms with Gasteiger partial charge in [0.15, 0.2) is 0 Å². The van der Waals surface area contributed by atoms with Crippen molar-refractivity contribution in [3.05, 3.63) is 5.82 Å². The topological polar surface area (TPSA) is 121 Å². The van der Waals surface area contributed by atoms with Crippen molar-refractivity contribution < 1.29 is 14.7 Å². The van der Waals surface area contributed by atoms with Crippen LogP contribution in [0.2, 0.25) is 0 Å².